The molecule has 0 saturated heterocycles. The molecule has 162 valence electrons. The minimum atomic E-state index is -0.531. The summed E-state index contributed by atoms with van der Waals surface area (Å²) in [6.07, 6.45) is 0. The topological polar surface area (TPSA) is 125 Å². The zero-order valence-electron chi connectivity index (χ0n) is 17.2. The Hall–Kier alpha value is -4.05. The number of ether oxygens (including phenoxy) is 2. The van der Waals surface area contributed by atoms with E-state index in [9.17, 15) is 4.79 Å². The number of nitrogen functional groups attached to an aromatic ring is 1. The number of rotatable bonds is 8. The van der Waals surface area contributed by atoms with Gasteiger partial charge < -0.3 is 20.5 Å². The third kappa shape index (κ3) is 5.76. The molecule has 10 heteroatoms. The fourth-order valence-electron chi connectivity index (χ4n) is 2.72. The lowest BCUT2D eigenvalue weighted by molar-refractivity contribution is 0.0461. The van der Waals surface area contributed by atoms with E-state index in [1.807, 2.05) is 36.6 Å². The molecular formula is C22H20N6O3S. The van der Waals surface area contributed by atoms with Gasteiger partial charge in [0, 0.05) is 11.1 Å². The molecule has 0 unspecified atom stereocenters. The van der Waals surface area contributed by atoms with Crippen molar-refractivity contribution in [3.63, 3.8) is 0 Å². The molecule has 3 N–H and O–H groups in total. The predicted molar refractivity (Wildman–Crippen MR) is 121 cm³/mol. The fourth-order valence-corrected chi connectivity index (χ4v) is 3.26. The highest BCUT2D eigenvalue weighted by Gasteiger charge is 2.12. The minimum Gasteiger partial charge on any atom is -0.487 e. The van der Waals surface area contributed by atoms with E-state index in [2.05, 4.69) is 25.3 Å². The number of benzene rings is 2. The highest BCUT2D eigenvalue weighted by Crippen LogP contribution is 2.17. The van der Waals surface area contributed by atoms with Crippen LogP contribution in [0, 0.1) is 6.92 Å². The molecule has 9 nitrogen and oxygen atoms in total. The number of hydrogen-bond acceptors (Lipinski definition) is 10. The molecule has 0 saturated carbocycles. The summed E-state index contributed by atoms with van der Waals surface area (Å²) in [7, 11) is 0. The monoisotopic (exact) mass is 448 g/mol. The SMILES string of the molecule is Cc1ccc(Nc2nc(N)nc(COC(=O)c3cccc(OCc4cscn4)c3)n2)cc1. The van der Waals surface area contributed by atoms with Crippen LogP contribution in [0.15, 0.2) is 59.4 Å². The number of carbonyl (C=O) groups excluding carboxylic acids is 1. The van der Waals surface area contributed by atoms with Crippen molar-refractivity contribution in [2.24, 2.45) is 0 Å². The van der Waals surface area contributed by atoms with Crippen LogP contribution in [-0.4, -0.2) is 25.9 Å². The Kier molecular flexibility index (Phi) is 6.52. The molecular weight excluding hydrogens is 428 g/mol. The number of nitrogens with one attached hydrogen (secondary N) is 1. The molecule has 0 spiro atoms. The molecule has 0 aliphatic heterocycles. The molecule has 0 bridgehead atoms. The second kappa shape index (κ2) is 9.84. The number of aryl methyl sites for hydroxylation is 1. The van der Waals surface area contributed by atoms with Crippen LogP contribution in [0.3, 0.4) is 0 Å². The molecule has 0 aliphatic carbocycles. The maximum absolute atomic E-state index is 12.5. The molecule has 4 aromatic rings. The summed E-state index contributed by atoms with van der Waals surface area (Å²) in [5.41, 5.74) is 10.6. The number of carbonyl (C=O) groups is 1. The predicted octanol–water partition coefficient (Wildman–Crippen LogP) is 3.90. The smallest absolute Gasteiger partial charge is 0.338 e. The Morgan fingerprint density at radius 3 is 2.72 bits per heavy atom. The second-order valence-corrected chi connectivity index (χ2v) is 7.52. The average Bonchev–Trinajstić information content (AvgIpc) is 3.31. The van der Waals surface area contributed by atoms with E-state index in [-0.39, 0.29) is 24.3 Å². The summed E-state index contributed by atoms with van der Waals surface area (Å²) in [5, 5.41) is 4.96. The van der Waals surface area contributed by atoms with Crippen molar-refractivity contribution < 1.29 is 14.3 Å². The Balaban J connectivity index is 1.37. The quantitative estimate of drug-likeness (QED) is 0.386. The van der Waals surface area contributed by atoms with Gasteiger partial charge in [-0.3, -0.25) is 0 Å². The zero-order valence-corrected chi connectivity index (χ0v) is 18.0. The van der Waals surface area contributed by atoms with Gasteiger partial charge in [0.25, 0.3) is 0 Å². The average molecular weight is 449 g/mol. The van der Waals surface area contributed by atoms with E-state index in [1.165, 1.54) is 11.3 Å². The molecule has 2 heterocycles. The number of esters is 1. The van der Waals surface area contributed by atoms with Crippen molar-refractivity contribution in [2.45, 2.75) is 20.1 Å². The molecule has 0 radical (unpaired) electrons. The van der Waals surface area contributed by atoms with Crippen molar-refractivity contribution in [2.75, 3.05) is 11.1 Å². The molecule has 0 aliphatic rings. The third-order valence-electron chi connectivity index (χ3n) is 4.28. The van der Waals surface area contributed by atoms with E-state index in [0.29, 0.717) is 17.9 Å². The van der Waals surface area contributed by atoms with E-state index < -0.39 is 5.97 Å². The lowest BCUT2D eigenvalue weighted by Gasteiger charge is -2.09. The van der Waals surface area contributed by atoms with Gasteiger partial charge >= 0.3 is 5.97 Å². The van der Waals surface area contributed by atoms with Gasteiger partial charge in [-0.1, -0.05) is 23.8 Å². The number of thiazole rings is 1. The summed E-state index contributed by atoms with van der Waals surface area (Å²) >= 11 is 1.50. The van der Waals surface area contributed by atoms with E-state index in [0.717, 1.165) is 16.9 Å². The molecule has 0 atom stereocenters. The van der Waals surface area contributed by atoms with Crippen molar-refractivity contribution in [1.82, 2.24) is 19.9 Å². The third-order valence-corrected chi connectivity index (χ3v) is 4.91. The lowest BCUT2D eigenvalue weighted by atomic mass is 10.2. The molecule has 4 rings (SSSR count). The summed E-state index contributed by atoms with van der Waals surface area (Å²) in [5.74, 6) is 0.539. The minimum absolute atomic E-state index is 0.0260. The van der Waals surface area contributed by atoms with E-state index in [1.54, 1.807) is 29.8 Å². The molecule has 0 amide bonds. The lowest BCUT2D eigenvalue weighted by Crippen LogP contribution is -2.11. The van der Waals surface area contributed by atoms with Gasteiger partial charge in [0.05, 0.1) is 16.8 Å². The largest absolute Gasteiger partial charge is 0.487 e. The van der Waals surface area contributed by atoms with Crippen LogP contribution < -0.4 is 15.8 Å². The number of aromatic nitrogens is 4. The van der Waals surface area contributed by atoms with Crippen molar-refractivity contribution in [3.8, 4) is 5.75 Å². The van der Waals surface area contributed by atoms with Gasteiger partial charge in [-0.2, -0.15) is 15.0 Å². The van der Waals surface area contributed by atoms with Gasteiger partial charge in [0.2, 0.25) is 11.9 Å². The van der Waals surface area contributed by atoms with Gasteiger partial charge in [0.15, 0.2) is 12.4 Å². The summed E-state index contributed by atoms with van der Waals surface area (Å²) in [4.78, 5) is 29.0. The summed E-state index contributed by atoms with van der Waals surface area (Å²) in [6, 6.07) is 14.5. The summed E-state index contributed by atoms with van der Waals surface area (Å²) in [6.45, 7) is 2.17. The van der Waals surface area contributed by atoms with Crippen LogP contribution in [0.5, 0.6) is 5.75 Å². The summed E-state index contributed by atoms with van der Waals surface area (Å²) < 4.78 is 11.0. The molecule has 2 aromatic heterocycles. The Labute approximate surface area is 188 Å². The first-order chi connectivity index (χ1) is 15.5. The molecule has 2 aromatic carbocycles. The highest BCUT2D eigenvalue weighted by atomic mass is 32.1. The van der Waals surface area contributed by atoms with Crippen LogP contribution in [0.2, 0.25) is 0 Å². The van der Waals surface area contributed by atoms with Crippen LogP contribution in [0.1, 0.15) is 27.4 Å². The maximum Gasteiger partial charge on any atom is 0.338 e. The van der Waals surface area contributed by atoms with Crippen molar-refractivity contribution in [3.05, 3.63) is 82.1 Å². The normalized spacial score (nSPS) is 10.5. The Bertz CT molecular complexity index is 1200. The molecule has 32 heavy (non-hydrogen) atoms. The second-order valence-electron chi connectivity index (χ2n) is 6.80. The first-order valence-corrected chi connectivity index (χ1v) is 10.6. The number of nitrogens with zero attached hydrogens (tertiary/aromatic N) is 4. The van der Waals surface area contributed by atoms with Crippen molar-refractivity contribution in [1.29, 1.82) is 0 Å². The van der Waals surface area contributed by atoms with Gasteiger partial charge in [-0.05, 0) is 37.3 Å². The first kappa shape index (κ1) is 21.2. The van der Waals surface area contributed by atoms with Gasteiger partial charge in [-0.15, -0.1) is 11.3 Å². The Morgan fingerprint density at radius 1 is 1.09 bits per heavy atom. The first-order valence-electron chi connectivity index (χ1n) is 9.66. The van der Waals surface area contributed by atoms with Crippen LogP contribution in [-0.2, 0) is 18.0 Å². The van der Waals surface area contributed by atoms with Crippen LogP contribution in [0.4, 0.5) is 17.6 Å². The van der Waals surface area contributed by atoms with E-state index in [4.69, 9.17) is 15.2 Å². The fraction of sp³-hybridized carbons (Fsp3) is 0.136. The van der Waals surface area contributed by atoms with Crippen LogP contribution in [0.25, 0.3) is 0 Å². The van der Waals surface area contributed by atoms with Crippen LogP contribution >= 0.6 is 11.3 Å². The van der Waals surface area contributed by atoms with Gasteiger partial charge in [0.1, 0.15) is 12.4 Å². The zero-order chi connectivity index (χ0) is 22.3. The van der Waals surface area contributed by atoms with E-state index >= 15 is 0 Å². The molecule has 0 fully saturated rings. The maximum atomic E-state index is 12.5. The highest BCUT2D eigenvalue weighted by molar-refractivity contribution is 7.07. The Morgan fingerprint density at radius 2 is 1.94 bits per heavy atom. The van der Waals surface area contributed by atoms with Crippen molar-refractivity contribution >= 4 is 34.9 Å². The standard InChI is InChI=1S/C22H20N6O3S/c1-14-5-7-16(8-6-14)25-22-27-19(26-21(23)28-22)11-31-20(29)15-3-2-4-18(9-15)30-10-17-12-32-13-24-17/h2-9,12-13H,10-11H2,1H3,(H3,23,25,26,27,28). The number of hydrogen-bond donors (Lipinski definition) is 2. The number of nitrogens with two attached hydrogens (primary N) is 1. The number of anilines is 3. The van der Waals surface area contributed by atoms with Gasteiger partial charge in [-0.25, -0.2) is 9.78 Å².